The standard InChI is InChI=1S/C15H21N5O2S/c21-14(16-3-1-6-20-7-2-4-18-20)12-19-8-9-22-13(11-19)15-17-5-10-23-15/h2,4-5,7,10,13H,1,3,6,8-9,11-12H2,(H,16,21)/t13-/m1/s1. The predicted molar refractivity (Wildman–Crippen MR) is 87.1 cm³/mol. The largest absolute Gasteiger partial charge is 0.368 e. The van der Waals surface area contributed by atoms with E-state index in [1.54, 1.807) is 23.7 Å². The Bertz CT molecular complexity index is 587. The molecule has 1 N–H and O–H groups in total. The van der Waals surface area contributed by atoms with Gasteiger partial charge in [0.15, 0.2) is 0 Å². The van der Waals surface area contributed by atoms with Crippen molar-refractivity contribution in [1.29, 1.82) is 0 Å². The van der Waals surface area contributed by atoms with Gasteiger partial charge >= 0.3 is 0 Å². The second-order valence-electron chi connectivity index (χ2n) is 5.44. The number of ether oxygens (including phenoxy) is 1. The van der Waals surface area contributed by atoms with E-state index in [1.165, 1.54) is 0 Å². The molecule has 2 aromatic heterocycles. The molecule has 124 valence electrons. The van der Waals surface area contributed by atoms with E-state index in [9.17, 15) is 4.79 Å². The summed E-state index contributed by atoms with van der Waals surface area (Å²) in [5.74, 6) is 0.0604. The monoisotopic (exact) mass is 335 g/mol. The normalized spacial score (nSPS) is 18.9. The van der Waals surface area contributed by atoms with E-state index >= 15 is 0 Å². The number of amides is 1. The molecular formula is C15H21N5O2S. The average molecular weight is 335 g/mol. The molecule has 1 amide bonds. The fourth-order valence-corrected chi connectivity index (χ4v) is 3.23. The predicted octanol–water partition coefficient (Wildman–Crippen LogP) is 0.919. The zero-order chi connectivity index (χ0) is 15.9. The Hall–Kier alpha value is -1.77. The molecule has 0 bridgehead atoms. The van der Waals surface area contributed by atoms with Gasteiger partial charge in [-0.1, -0.05) is 0 Å². The summed E-state index contributed by atoms with van der Waals surface area (Å²) in [5, 5.41) is 10.0. The van der Waals surface area contributed by atoms with Crippen LogP contribution in [0.2, 0.25) is 0 Å². The zero-order valence-electron chi connectivity index (χ0n) is 12.9. The molecule has 1 aliphatic heterocycles. The first-order valence-electron chi connectivity index (χ1n) is 7.79. The minimum Gasteiger partial charge on any atom is -0.368 e. The SMILES string of the molecule is O=C(CN1CCO[C@@H](c2nccs2)C1)NCCCn1cccn1. The molecule has 1 saturated heterocycles. The molecule has 0 aliphatic carbocycles. The molecule has 7 nitrogen and oxygen atoms in total. The number of carbonyl (C=O) groups is 1. The van der Waals surface area contributed by atoms with E-state index in [0.717, 1.165) is 24.5 Å². The van der Waals surface area contributed by atoms with Gasteiger partial charge in [-0.25, -0.2) is 4.98 Å². The second-order valence-corrected chi connectivity index (χ2v) is 6.36. The highest BCUT2D eigenvalue weighted by Crippen LogP contribution is 2.23. The Morgan fingerprint density at radius 3 is 3.22 bits per heavy atom. The molecule has 1 aliphatic rings. The zero-order valence-corrected chi connectivity index (χ0v) is 13.7. The molecular weight excluding hydrogens is 314 g/mol. The topological polar surface area (TPSA) is 72.3 Å². The molecule has 2 aromatic rings. The van der Waals surface area contributed by atoms with Gasteiger partial charge in [-0.3, -0.25) is 14.4 Å². The van der Waals surface area contributed by atoms with Crippen molar-refractivity contribution in [3.8, 4) is 0 Å². The average Bonchev–Trinajstić information content (AvgIpc) is 3.25. The van der Waals surface area contributed by atoms with Crippen molar-refractivity contribution in [1.82, 2.24) is 25.0 Å². The molecule has 0 aromatic carbocycles. The third-order valence-electron chi connectivity index (χ3n) is 3.69. The summed E-state index contributed by atoms with van der Waals surface area (Å²) in [7, 11) is 0. The highest BCUT2D eigenvalue weighted by atomic mass is 32.1. The van der Waals surface area contributed by atoms with Gasteiger partial charge < -0.3 is 10.1 Å². The van der Waals surface area contributed by atoms with E-state index in [1.807, 2.05) is 22.3 Å². The number of nitrogens with zero attached hydrogens (tertiary/aromatic N) is 4. The summed E-state index contributed by atoms with van der Waals surface area (Å²) in [6.45, 7) is 4.02. The molecule has 23 heavy (non-hydrogen) atoms. The van der Waals surface area contributed by atoms with Gasteiger partial charge in [0, 0.05) is 50.1 Å². The van der Waals surface area contributed by atoms with Crippen LogP contribution in [0.25, 0.3) is 0 Å². The molecule has 1 fully saturated rings. The third-order valence-corrected chi connectivity index (χ3v) is 4.56. The van der Waals surface area contributed by atoms with Crippen molar-refractivity contribution in [3.63, 3.8) is 0 Å². The van der Waals surface area contributed by atoms with Crippen molar-refractivity contribution in [2.75, 3.05) is 32.8 Å². The molecule has 1 atom stereocenters. The Morgan fingerprint density at radius 1 is 1.48 bits per heavy atom. The van der Waals surface area contributed by atoms with Gasteiger partial charge in [0.05, 0.1) is 13.2 Å². The maximum absolute atomic E-state index is 12.0. The van der Waals surface area contributed by atoms with Gasteiger partial charge in [0.2, 0.25) is 5.91 Å². The van der Waals surface area contributed by atoms with Crippen LogP contribution in [0.1, 0.15) is 17.5 Å². The highest BCUT2D eigenvalue weighted by Gasteiger charge is 2.24. The minimum atomic E-state index is -0.0173. The molecule has 8 heteroatoms. The summed E-state index contributed by atoms with van der Waals surface area (Å²) in [6.07, 6.45) is 6.33. The van der Waals surface area contributed by atoms with E-state index in [0.29, 0.717) is 26.2 Å². The molecule has 0 unspecified atom stereocenters. The highest BCUT2D eigenvalue weighted by molar-refractivity contribution is 7.09. The van der Waals surface area contributed by atoms with Crippen LogP contribution in [0.15, 0.2) is 30.0 Å². The molecule has 0 saturated carbocycles. The van der Waals surface area contributed by atoms with Gasteiger partial charge in [-0.2, -0.15) is 5.10 Å². The number of hydrogen-bond acceptors (Lipinski definition) is 6. The Kier molecular flexibility index (Phi) is 5.73. The van der Waals surface area contributed by atoms with Crippen LogP contribution in [-0.4, -0.2) is 58.4 Å². The van der Waals surface area contributed by atoms with Crippen LogP contribution in [0.5, 0.6) is 0 Å². The van der Waals surface area contributed by atoms with Crippen LogP contribution in [-0.2, 0) is 16.1 Å². The third kappa shape index (κ3) is 4.85. The van der Waals surface area contributed by atoms with E-state index in [-0.39, 0.29) is 12.0 Å². The number of thiazole rings is 1. The Morgan fingerprint density at radius 2 is 2.43 bits per heavy atom. The lowest BCUT2D eigenvalue weighted by molar-refractivity contribution is -0.124. The number of aryl methyl sites for hydroxylation is 1. The van der Waals surface area contributed by atoms with Crippen LogP contribution in [0.3, 0.4) is 0 Å². The molecule has 0 radical (unpaired) electrons. The van der Waals surface area contributed by atoms with Gasteiger partial charge in [0.25, 0.3) is 0 Å². The summed E-state index contributed by atoms with van der Waals surface area (Å²) in [5.41, 5.74) is 0. The molecule has 3 rings (SSSR count). The van der Waals surface area contributed by atoms with Crippen molar-refractivity contribution in [3.05, 3.63) is 35.0 Å². The number of aromatic nitrogens is 3. The van der Waals surface area contributed by atoms with Crippen molar-refractivity contribution >= 4 is 17.2 Å². The summed E-state index contributed by atoms with van der Waals surface area (Å²) in [6, 6.07) is 1.90. The van der Waals surface area contributed by atoms with E-state index < -0.39 is 0 Å². The lowest BCUT2D eigenvalue weighted by atomic mass is 10.2. The maximum Gasteiger partial charge on any atom is 0.234 e. The summed E-state index contributed by atoms with van der Waals surface area (Å²) < 4.78 is 7.61. The lowest BCUT2D eigenvalue weighted by Crippen LogP contribution is -2.44. The Balaban J connectivity index is 1.36. The molecule has 3 heterocycles. The quantitative estimate of drug-likeness (QED) is 0.762. The smallest absolute Gasteiger partial charge is 0.234 e. The lowest BCUT2D eigenvalue weighted by Gasteiger charge is -2.31. The maximum atomic E-state index is 12.0. The van der Waals surface area contributed by atoms with Crippen LogP contribution < -0.4 is 5.32 Å². The number of rotatable bonds is 7. The first-order chi connectivity index (χ1) is 11.3. The Labute approximate surface area is 139 Å². The van der Waals surface area contributed by atoms with Crippen molar-refractivity contribution < 1.29 is 9.53 Å². The fourth-order valence-electron chi connectivity index (χ4n) is 2.55. The summed E-state index contributed by atoms with van der Waals surface area (Å²) >= 11 is 1.59. The van der Waals surface area contributed by atoms with Gasteiger partial charge in [-0.05, 0) is 12.5 Å². The van der Waals surface area contributed by atoms with E-state index in [4.69, 9.17) is 4.74 Å². The molecule has 0 spiro atoms. The van der Waals surface area contributed by atoms with Crippen molar-refractivity contribution in [2.24, 2.45) is 0 Å². The number of morpholine rings is 1. The van der Waals surface area contributed by atoms with Crippen molar-refractivity contribution in [2.45, 2.75) is 19.1 Å². The number of hydrogen-bond donors (Lipinski definition) is 1. The van der Waals surface area contributed by atoms with E-state index in [2.05, 4.69) is 20.3 Å². The van der Waals surface area contributed by atoms with Gasteiger partial charge in [0.1, 0.15) is 11.1 Å². The first-order valence-corrected chi connectivity index (χ1v) is 8.67. The first kappa shape index (κ1) is 16.1. The van der Waals surface area contributed by atoms with Gasteiger partial charge in [-0.15, -0.1) is 11.3 Å². The van der Waals surface area contributed by atoms with Crippen LogP contribution in [0.4, 0.5) is 0 Å². The number of carbonyl (C=O) groups excluding carboxylic acids is 1. The summed E-state index contributed by atoms with van der Waals surface area (Å²) in [4.78, 5) is 18.5. The van der Waals surface area contributed by atoms with Crippen LogP contribution >= 0.6 is 11.3 Å². The van der Waals surface area contributed by atoms with Crippen LogP contribution in [0, 0.1) is 0 Å². The fraction of sp³-hybridized carbons (Fsp3) is 0.533. The number of nitrogens with one attached hydrogen (secondary N) is 1. The minimum absolute atomic E-state index is 0.0173. The second kappa shape index (κ2) is 8.19.